The van der Waals surface area contributed by atoms with E-state index >= 15 is 0 Å². The normalized spacial score (nSPS) is 18.4. The number of benzene rings is 1. The van der Waals surface area contributed by atoms with Crippen molar-refractivity contribution >= 4 is 5.91 Å². The maximum Gasteiger partial charge on any atom is 0.252 e. The van der Waals surface area contributed by atoms with Crippen molar-refractivity contribution < 1.29 is 9.53 Å². The van der Waals surface area contributed by atoms with Crippen molar-refractivity contribution in [3.63, 3.8) is 0 Å². The second-order valence-electron chi connectivity index (χ2n) is 5.55. The molecule has 1 atom stereocenters. The lowest BCUT2D eigenvalue weighted by Gasteiger charge is -2.26. The van der Waals surface area contributed by atoms with Crippen LogP contribution in [0.25, 0.3) is 0 Å². The van der Waals surface area contributed by atoms with Gasteiger partial charge in [0, 0.05) is 26.2 Å². The Morgan fingerprint density at radius 1 is 1.25 bits per heavy atom. The van der Waals surface area contributed by atoms with Crippen LogP contribution in [0.1, 0.15) is 18.4 Å². The Bertz CT molecular complexity index is 414. The lowest BCUT2D eigenvalue weighted by atomic mass is 10.1. The average Bonchev–Trinajstić information content (AvgIpc) is 2.97. The molecule has 0 bridgehead atoms. The molecule has 1 saturated heterocycles. The number of ether oxygens (including phenoxy) is 1. The molecule has 0 N–H and O–H groups in total. The molecule has 0 aliphatic carbocycles. The Labute approximate surface area is 121 Å². The Kier molecular flexibility index (Phi) is 5.56. The van der Waals surface area contributed by atoms with Gasteiger partial charge in [0.25, 0.3) is 5.91 Å². The second-order valence-corrected chi connectivity index (χ2v) is 5.55. The van der Waals surface area contributed by atoms with Crippen molar-refractivity contribution in [2.24, 2.45) is 0 Å². The summed E-state index contributed by atoms with van der Waals surface area (Å²) in [5.74, 6) is 0.133. The monoisotopic (exact) mass is 276 g/mol. The molecule has 4 heteroatoms. The number of amides is 1. The third-order valence-corrected chi connectivity index (χ3v) is 3.55. The standard InChI is InChI=1S/C16H24N2O2/c1-17(2)10-11-18(13-14-7-4-3-5-8-14)16(19)15-9-6-12-20-15/h3-5,7-8,15H,6,9-13H2,1-2H3. The van der Waals surface area contributed by atoms with Crippen LogP contribution in [0, 0.1) is 0 Å². The van der Waals surface area contributed by atoms with Gasteiger partial charge >= 0.3 is 0 Å². The van der Waals surface area contributed by atoms with Gasteiger partial charge in [-0.3, -0.25) is 4.79 Å². The number of carbonyl (C=O) groups excluding carboxylic acids is 1. The molecule has 1 heterocycles. The van der Waals surface area contributed by atoms with Gasteiger partial charge in [-0.25, -0.2) is 0 Å². The maximum atomic E-state index is 12.5. The highest BCUT2D eigenvalue weighted by atomic mass is 16.5. The maximum absolute atomic E-state index is 12.5. The van der Waals surface area contributed by atoms with Crippen LogP contribution in [0.2, 0.25) is 0 Å². The SMILES string of the molecule is CN(C)CCN(Cc1ccccc1)C(=O)C1CCCO1. The number of rotatable bonds is 6. The fourth-order valence-corrected chi connectivity index (χ4v) is 2.37. The number of likely N-dealkylation sites (N-methyl/N-ethyl adjacent to an activating group) is 1. The first-order chi connectivity index (χ1) is 9.66. The van der Waals surface area contributed by atoms with Gasteiger partial charge < -0.3 is 14.5 Å². The summed E-state index contributed by atoms with van der Waals surface area (Å²) in [4.78, 5) is 16.6. The highest BCUT2D eigenvalue weighted by Crippen LogP contribution is 2.16. The predicted molar refractivity (Wildman–Crippen MR) is 79.4 cm³/mol. The van der Waals surface area contributed by atoms with Gasteiger partial charge in [-0.1, -0.05) is 30.3 Å². The van der Waals surface area contributed by atoms with E-state index in [1.165, 1.54) is 0 Å². The zero-order valence-electron chi connectivity index (χ0n) is 12.4. The molecule has 0 aromatic heterocycles. The zero-order valence-corrected chi connectivity index (χ0v) is 12.4. The van der Waals surface area contributed by atoms with E-state index in [4.69, 9.17) is 4.74 Å². The first kappa shape index (κ1) is 15.0. The minimum atomic E-state index is -0.235. The fraction of sp³-hybridized carbons (Fsp3) is 0.562. The van der Waals surface area contributed by atoms with Gasteiger partial charge in [-0.2, -0.15) is 0 Å². The van der Waals surface area contributed by atoms with Crippen LogP contribution in [-0.2, 0) is 16.1 Å². The number of nitrogens with zero attached hydrogens (tertiary/aromatic N) is 2. The van der Waals surface area contributed by atoms with Gasteiger partial charge in [0.2, 0.25) is 0 Å². The minimum Gasteiger partial charge on any atom is -0.368 e. The summed E-state index contributed by atoms with van der Waals surface area (Å²) in [5, 5.41) is 0. The largest absolute Gasteiger partial charge is 0.368 e. The van der Waals surface area contributed by atoms with E-state index in [1.807, 2.05) is 37.2 Å². The van der Waals surface area contributed by atoms with E-state index in [0.717, 1.165) is 31.5 Å². The van der Waals surface area contributed by atoms with E-state index in [9.17, 15) is 4.79 Å². The molecule has 1 fully saturated rings. The molecule has 1 amide bonds. The molecule has 1 unspecified atom stereocenters. The topological polar surface area (TPSA) is 32.8 Å². The molecule has 1 aromatic carbocycles. The summed E-state index contributed by atoms with van der Waals surface area (Å²) >= 11 is 0. The number of hydrogen-bond donors (Lipinski definition) is 0. The Hall–Kier alpha value is -1.39. The van der Waals surface area contributed by atoms with Crippen molar-refractivity contribution in [2.45, 2.75) is 25.5 Å². The van der Waals surface area contributed by atoms with E-state index in [2.05, 4.69) is 17.0 Å². The second kappa shape index (κ2) is 7.41. The third kappa shape index (κ3) is 4.32. The fourth-order valence-electron chi connectivity index (χ4n) is 2.37. The highest BCUT2D eigenvalue weighted by Gasteiger charge is 2.28. The van der Waals surface area contributed by atoms with Crippen molar-refractivity contribution in [1.29, 1.82) is 0 Å². The smallest absolute Gasteiger partial charge is 0.252 e. The van der Waals surface area contributed by atoms with Crippen LogP contribution >= 0.6 is 0 Å². The summed E-state index contributed by atoms with van der Waals surface area (Å²) < 4.78 is 5.54. The lowest BCUT2D eigenvalue weighted by molar-refractivity contribution is -0.141. The zero-order chi connectivity index (χ0) is 14.4. The molecular formula is C16H24N2O2. The molecule has 0 radical (unpaired) electrons. The van der Waals surface area contributed by atoms with E-state index in [1.54, 1.807) is 0 Å². The van der Waals surface area contributed by atoms with Crippen molar-refractivity contribution in [3.8, 4) is 0 Å². The Balaban J connectivity index is 2.01. The summed E-state index contributed by atoms with van der Waals surface area (Å²) in [6, 6.07) is 10.1. The molecule has 0 saturated carbocycles. The third-order valence-electron chi connectivity index (χ3n) is 3.55. The molecule has 1 aliphatic rings. The van der Waals surface area contributed by atoms with E-state index in [0.29, 0.717) is 13.2 Å². The van der Waals surface area contributed by atoms with Crippen LogP contribution in [0.5, 0.6) is 0 Å². The summed E-state index contributed by atoms with van der Waals surface area (Å²) in [6.45, 7) is 2.97. The summed E-state index contributed by atoms with van der Waals surface area (Å²) in [6.07, 6.45) is 1.61. The van der Waals surface area contributed by atoms with Crippen molar-refractivity contribution in [3.05, 3.63) is 35.9 Å². The van der Waals surface area contributed by atoms with Crippen LogP contribution in [0.4, 0.5) is 0 Å². The highest BCUT2D eigenvalue weighted by molar-refractivity contribution is 5.81. The Morgan fingerprint density at radius 2 is 2.00 bits per heavy atom. The van der Waals surface area contributed by atoms with Crippen molar-refractivity contribution in [1.82, 2.24) is 9.80 Å². The van der Waals surface area contributed by atoms with Crippen molar-refractivity contribution in [2.75, 3.05) is 33.8 Å². The Morgan fingerprint density at radius 3 is 2.60 bits per heavy atom. The molecule has 20 heavy (non-hydrogen) atoms. The molecule has 0 spiro atoms. The minimum absolute atomic E-state index is 0.133. The molecular weight excluding hydrogens is 252 g/mol. The average molecular weight is 276 g/mol. The molecule has 1 aliphatic heterocycles. The molecule has 1 aromatic rings. The van der Waals surface area contributed by atoms with Crippen LogP contribution < -0.4 is 0 Å². The quantitative estimate of drug-likeness (QED) is 0.793. The first-order valence-electron chi connectivity index (χ1n) is 7.26. The van der Waals surface area contributed by atoms with Crippen LogP contribution in [-0.4, -0.2) is 55.6 Å². The van der Waals surface area contributed by atoms with Crippen LogP contribution in [0.15, 0.2) is 30.3 Å². The van der Waals surface area contributed by atoms with Gasteiger partial charge in [0.1, 0.15) is 6.10 Å². The lowest BCUT2D eigenvalue weighted by Crippen LogP contribution is -2.41. The molecule has 2 rings (SSSR count). The van der Waals surface area contributed by atoms with Gasteiger partial charge in [0.15, 0.2) is 0 Å². The van der Waals surface area contributed by atoms with E-state index in [-0.39, 0.29) is 12.0 Å². The first-order valence-corrected chi connectivity index (χ1v) is 7.26. The predicted octanol–water partition coefficient (Wildman–Crippen LogP) is 1.76. The molecule has 110 valence electrons. The van der Waals surface area contributed by atoms with Gasteiger partial charge in [0.05, 0.1) is 0 Å². The van der Waals surface area contributed by atoms with Gasteiger partial charge in [-0.15, -0.1) is 0 Å². The van der Waals surface area contributed by atoms with E-state index < -0.39 is 0 Å². The number of carbonyl (C=O) groups is 1. The number of hydrogen-bond acceptors (Lipinski definition) is 3. The molecule has 4 nitrogen and oxygen atoms in total. The van der Waals surface area contributed by atoms with Gasteiger partial charge in [-0.05, 0) is 32.5 Å². The summed E-state index contributed by atoms with van der Waals surface area (Å²) in [7, 11) is 4.05. The summed E-state index contributed by atoms with van der Waals surface area (Å²) in [5.41, 5.74) is 1.16. The van der Waals surface area contributed by atoms with Crippen LogP contribution in [0.3, 0.4) is 0 Å².